The molecule has 1 aliphatic rings. The molecule has 0 bridgehead atoms. The Labute approximate surface area is 168 Å². The minimum absolute atomic E-state index is 0.0360. The van der Waals surface area contributed by atoms with E-state index in [-0.39, 0.29) is 11.8 Å². The first kappa shape index (κ1) is 20.1. The minimum Gasteiger partial charge on any atom is -0.345 e. The van der Waals surface area contributed by atoms with Crippen LogP contribution in [0.15, 0.2) is 54.6 Å². The molecule has 0 aliphatic carbocycles. The Morgan fingerprint density at radius 2 is 1.57 bits per heavy atom. The van der Waals surface area contributed by atoms with E-state index < -0.39 is 0 Å². The molecule has 4 heteroatoms. The summed E-state index contributed by atoms with van der Waals surface area (Å²) in [4.78, 5) is 28.1. The van der Waals surface area contributed by atoms with Gasteiger partial charge in [0.15, 0.2) is 0 Å². The van der Waals surface area contributed by atoms with Crippen LogP contribution in [-0.2, 0) is 17.6 Å². The van der Waals surface area contributed by atoms with Crippen LogP contribution in [0.2, 0.25) is 0 Å². The highest BCUT2D eigenvalue weighted by atomic mass is 16.2. The van der Waals surface area contributed by atoms with Crippen LogP contribution < -0.4 is 0 Å². The Bertz CT molecular complexity index is 776. The maximum absolute atomic E-state index is 12.5. The van der Waals surface area contributed by atoms with Gasteiger partial charge in [-0.1, -0.05) is 42.5 Å². The summed E-state index contributed by atoms with van der Waals surface area (Å²) in [5, 5.41) is 0. The lowest BCUT2D eigenvalue weighted by Gasteiger charge is -2.32. The van der Waals surface area contributed by atoms with E-state index in [9.17, 15) is 9.59 Å². The van der Waals surface area contributed by atoms with Crippen LogP contribution in [-0.4, -0.2) is 48.8 Å². The SMILES string of the molecule is CN(C)C(=O)c1ccc(CC2CCN(C(=O)CCc3ccccc3)CC2)cc1. The zero-order valence-electron chi connectivity index (χ0n) is 16.9. The van der Waals surface area contributed by atoms with E-state index in [0.29, 0.717) is 12.3 Å². The Hall–Kier alpha value is -2.62. The van der Waals surface area contributed by atoms with Crippen molar-refractivity contribution >= 4 is 11.8 Å². The summed E-state index contributed by atoms with van der Waals surface area (Å²) >= 11 is 0. The molecule has 2 aromatic carbocycles. The van der Waals surface area contributed by atoms with Crippen molar-refractivity contribution in [3.8, 4) is 0 Å². The van der Waals surface area contributed by atoms with E-state index in [0.717, 1.165) is 44.3 Å². The molecule has 1 aliphatic heterocycles. The van der Waals surface area contributed by atoms with E-state index in [4.69, 9.17) is 0 Å². The van der Waals surface area contributed by atoms with E-state index in [1.54, 1.807) is 19.0 Å². The van der Waals surface area contributed by atoms with Crippen LogP contribution in [0.4, 0.5) is 0 Å². The number of amides is 2. The van der Waals surface area contributed by atoms with Crippen LogP contribution in [0.3, 0.4) is 0 Å². The number of carbonyl (C=O) groups excluding carboxylic acids is 2. The molecule has 0 aromatic heterocycles. The molecule has 0 N–H and O–H groups in total. The summed E-state index contributed by atoms with van der Waals surface area (Å²) in [5.74, 6) is 0.913. The molecule has 28 heavy (non-hydrogen) atoms. The lowest BCUT2D eigenvalue weighted by atomic mass is 9.89. The van der Waals surface area contributed by atoms with E-state index in [1.807, 2.05) is 35.2 Å². The fourth-order valence-corrected chi connectivity index (χ4v) is 3.82. The van der Waals surface area contributed by atoms with Crippen LogP contribution in [0, 0.1) is 5.92 Å². The number of likely N-dealkylation sites (tertiary alicyclic amines) is 1. The number of hydrogen-bond acceptors (Lipinski definition) is 2. The number of aryl methyl sites for hydroxylation is 1. The molecule has 0 spiro atoms. The third kappa shape index (κ3) is 5.44. The fraction of sp³-hybridized carbons (Fsp3) is 0.417. The molecular weight excluding hydrogens is 348 g/mol. The van der Waals surface area contributed by atoms with Gasteiger partial charge >= 0.3 is 0 Å². The standard InChI is InChI=1S/C24H30N2O2/c1-25(2)24(28)22-11-8-20(9-12-22)18-21-14-16-26(17-15-21)23(27)13-10-19-6-4-3-5-7-19/h3-9,11-12,21H,10,13-18H2,1-2H3. The average molecular weight is 379 g/mol. The van der Waals surface area contributed by atoms with Gasteiger partial charge in [0.2, 0.25) is 5.91 Å². The van der Waals surface area contributed by atoms with Gasteiger partial charge < -0.3 is 9.80 Å². The average Bonchev–Trinajstić information content (AvgIpc) is 2.73. The van der Waals surface area contributed by atoms with Gasteiger partial charge in [-0.15, -0.1) is 0 Å². The van der Waals surface area contributed by atoms with Crippen molar-refractivity contribution in [2.75, 3.05) is 27.2 Å². The van der Waals surface area contributed by atoms with Crippen molar-refractivity contribution in [1.29, 1.82) is 0 Å². The van der Waals surface area contributed by atoms with Gasteiger partial charge in [0.1, 0.15) is 0 Å². The Morgan fingerprint density at radius 3 is 2.18 bits per heavy atom. The smallest absolute Gasteiger partial charge is 0.253 e. The normalized spacial score (nSPS) is 14.7. The molecule has 1 saturated heterocycles. The van der Waals surface area contributed by atoms with Crippen molar-refractivity contribution in [2.45, 2.75) is 32.1 Å². The van der Waals surface area contributed by atoms with Crippen molar-refractivity contribution < 1.29 is 9.59 Å². The topological polar surface area (TPSA) is 40.6 Å². The van der Waals surface area contributed by atoms with Gasteiger partial charge in [-0.25, -0.2) is 0 Å². The lowest BCUT2D eigenvalue weighted by molar-refractivity contribution is -0.132. The molecule has 3 rings (SSSR count). The van der Waals surface area contributed by atoms with Crippen LogP contribution in [0.1, 0.15) is 40.7 Å². The first-order valence-electron chi connectivity index (χ1n) is 10.1. The molecule has 0 atom stereocenters. The highest BCUT2D eigenvalue weighted by Gasteiger charge is 2.22. The van der Waals surface area contributed by atoms with E-state index in [2.05, 4.69) is 24.3 Å². The summed E-state index contributed by atoms with van der Waals surface area (Å²) in [6.07, 6.45) is 4.53. The van der Waals surface area contributed by atoms with Gasteiger partial charge in [0, 0.05) is 39.2 Å². The second kappa shape index (κ2) is 9.54. The highest BCUT2D eigenvalue weighted by Crippen LogP contribution is 2.23. The highest BCUT2D eigenvalue weighted by molar-refractivity contribution is 5.93. The van der Waals surface area contributed by atoms with Crippen molar-refractivity contribution in [2.24, 2.45) is 5.92 Å². The van der Waals surface area contributed by atoms with Gasteiger partial charge in [0.05, 0.1) is 0 Å². The summed E-state index contributed by atoms with van der Waals surface area (Å²) < 4.78 is 0. The number of piperidine rings is 1. The number of nitrogens with zero attached hydrogens (tertiary/aromatic N) is 2. The van der Waals surface area contributed by atoms with Crippen LogP contribution >= 0.6 is 0 Å². The van der Waals surface area contributed by atoms with Gasteiger partial charge in [0.25, 0.3) is 5.91 Å². The number of hydrogen-bond donors (Lipinski definition) is 0. The molecule has 2 amide bonds. The Kier molecular flexibility index (Phi) is 6.85. The zero-order chi connectivity index (χ0) is 19.9. The van der Waals surface area contributed by atoms with Gasteiger partial charge in [-0.05, 0) is 54.9 Å². The summed E-state index contributed by atoms with van der Waals surface area (Å²) in [6.45, 7) is 1.71. The summed E-state index contributed by atoms with van der Waals surface area (Å²) in [6, 6.07) is 18.2. The Balaban J connectivity index is 1.43. The molecule has 0 saturated carbocycles. The number of rotatable bonds is 6. The van der Waals surface area contributed by atoms with Crippen LogP contribution in [0.5, 0.6) is 0 Å². The zero-order valence-corrected chi connectivity index (χ0v) is 16.9. The first-order valence-corrected chi connectivity index (χ1v) is 10.1. The van der Waals surface area contributed by atoms with E-state index in [1.165, 1.54) is 11.1 Å². The van der Waals surface area contributed by atoms with Crippen molar-refractivity contribution in [1.82, 2.24) is 9.80 Å². The maximum Gasteiger partial charge on any atom is 0.253 e. The summed E-state index contributed by atoms with van der Waals surface area (Å²) in [5.41, 5.74) is 3.22. The monoisotopic (exact) mass is 378 g/mol. The molecule has 4 nitrogen and oxygen atoms in total. The first-order chi connectivity index (χ1) is 13.5. The lowest BCUT2D eigenvalue weighted by Crippen LogP contribution is -2.39. The quantitative estimate of drug-likeness (QED) is 0.767. The molecule has 1 fully saturated rings. The minimum atomic E-state index is 0.0360. The van der Waals surface area contributed by atoms with Crippen molar-refractivity contribution in [3.63, 3.8) is 0 Å². The fourth-order valence-electron chi connectivity index (χ4n) is 3.82. The molecule has 2 aromatic rings. The largest absolute Gasteiger partial charge is 0.345 e. The van der Waals surface area contributed by atoms with Gasteiger partial charge in [-0.2, -0.15) is 0 Å². The predicted octanol–water partition coefficient (Wildman–Crippen LogP) is 3.80. The van der Waals surface area contributed by atoms with Gasteiger partial charge in [-0.3, -0.25) is 9.59 Å². The maximum atomic E-state index is 12.5. The second-order valence-electron chi connectivity index (χ2n) is 7.91. The molecule has 1 heterocycles. The predicted molar refractivity (Wildman–Crippen MR) is 112 cm³/mol. The third-order valence-corrected chi connectivity index (χ3v) is 5.57. The van der Waals surface area contributed by atoms with Crippen molar-refractivity contribution in [3.05, 3.63) is 71.3 Å². The third-order valence-electron chi connectivity index (χ3n) is 5.57. The van der Waals surface area contributed by atoms with Crippen LogP contribution in [0.25, 0.3) is 0 Å². The summed E-state index contributed by atoms with van der Waals surface area (Å²) in [7, 11) is 3.54. The van der Waals surface area contributed by atoms with E-state index >= 15 is 0 Å². The molecule has 0 radical (unpaired) electrons. The molecule has 148 valence electrons. The molecular formula is C24H30N2O2. The number of benzene rings is 2. The molecule has 0 unspecified atom stereocenters. The Morgan fingerprint density at radius 1 is 0.929 bits per heavy atom. The second-order valence-corrected chi connectivity index (χ2v) is 7.91. The number of carbonyl (C=O) groups is 2.